The van der Waals surface area contributed by atoms with Crippen LogP contribution in [0, 0.1) is 0 Å². The minimum atomic E-state index is -3.19. The molecule has 1 saturated carbocycles. The normalized spacial score (nSPS) is 20.3. The highest BCUT2D eigenvalue weighted by Crippen LogP contribution is 2.37. The van der Waals surface area contributed by atoms with Crippen molar-refractivity contribution in [3.63, 3.8) is 0 Å². The average Bonchev–Trinajstić information content (AvgIpc) is 2.99. The van der Waals surface area contributed by atoms with Gasteiger partial charge in [-0.15, -0.1) is 0 Å². The number of nitrogen functional groups attached to an aromatic ring is 1. The minimum Gasteiger partial charge on any atom is -0.398 e. The van der Waals surface area contributed by atoms with E-state index < -0.39 is 10.0 Å². The van der Waals surface area contributed by atoms with Crippen LogP contribution in [-0.2, 0) is 16.4 Å². The van der Waals surface area contributed by atoms with Gasteiger partial charge in [-0.2, -0.15) is 0 Å². The van der Waals surface area contributed by atoms with Crippen LogP contribution in [0.25, 0.3) is 0 Å². The van der Waals surface area contributed by atoms with Gasteiger partial charge < -0.3 is 5.73 Å². The lowest BCUT2D eigenvalue weighted by atomic mass is 10.1. The van der Waals surface area contributed by atoms with E-state index in [9.17, 15) is 8.42 Å². The molecule has 4 nitrogen and oxygen atoms in total. The van der Waals surface area contributed by atoms with Crippen molar-refractivity contribution in [1.82, 2.24) is 0 Å². The molecule has 0 saturated heterocycles. The fraction of sp³-hybridized carbons (Fsp3) is 0.538. The third-order valence-corrected chi connectivity index (χ3v) is 6.36. The van der Waals surface area contributed by atoms with E-state index >= 15 is 0 Å². The van der Waals surface area contributed by atoms with Crippen molar-refractivity contribution in [2.75, 3.05) is 16.6 Å². The van der Waals surface area contributed by atoms with Crippen LogP contribution < -0.4 is 10.0 Å². The van der Waals surface area contributed by atoms with Crippen molar-refractivity contribution in [2.45, 2.75) is 37.4 Å². The molecule has 98 valence electrons. The van der Waals surface area contributed by atoms with E-state index in [0.29, 0.717) is 12.2 Å². The number of fused-ring (bicyclic) bond motifs is 1. The van der Waals surface area contributed by atoms with Crippen LogP contribution in [0.1, 0.15) is 31.2 Å². The Balaban J connectivity index is 1.99. The smallest absolute Gasteiger partial charge is 0.238 e. The zero-order valence-corrected chi connectivity index (χ0v) is 11.1. The fourth-order valence-electron chi connectivity index (χ4n) is 3.06. The van der Waals surface area contributed by atoms with Gasteiger partial charge in [0.2, 0.25) is 10.0 Å². The first-order valence-corrected chi connectivity index (χ1v) is 8.00. The Labute approximate surface area is 108 Å². The van der Waals surface area contributed by atoms with Crippen molar-refractivity contribution < 1.29 is 8.42 Å². The van der Waals surface area contributed by atoms with Crippen LogP contribution in [-0.4, -0.2) is 20.2 Å². The molecule has 0 aromatic heterocycles. The maximum atomic E-state index is 12.6. The van der Waals surface area contributed by atoms with Crippen LogP contribution >= 0.6 is 0 Å². The van der Waals surface area contributed by atoms with Gasteiger partial charge in [0, 0.05) is 17.8 Å². The van der Waals surface area contributed by atoms with E-state index in [0.717, 1.165) is 43.4 Å². The number of anilines is 2. The van der Waals surface area contributed by atoms with Gasteiger partial charge >= 0.3 is 0 Å². The van der Waals surface area contributed by atoms with Crippen molar-refractivity contribution in [3.05, 3.63) is 23.8 Å². The van der Waals surface area contributed by atoms with Gasteiger partial charge in [-0.1, -0.05) is 18.9 Å². The zero-order chi connectivity index (χ0) is 12.8. The molecule has 0 radical (unpaired) electrons. The van der Waals surface area contributed by atoms with Crippen molar-refractivity contribution >= 4 is 21.4 Å². The molecule has 1 aliphatic carbocycles. The van der Waals surface area contributed by atoms with Crippen LogP contribution in [0.5, 0.6) is 0 Å². The third-order valence-electron chi connectivity index (χ3n) is 4.05. The molecule has 1 aromatic rings. The van der Waals surface area contributed by atoms with Gasteiger partial charge in [0.05, 0.1) is 10.9 Å². The third kappa shape index (κ3) is 1.68. The molecule has 1 heterocycles. The molecular formula is C13H18N2O2S. The lowest BCUT2D eigenvalue weighted by molar-refractivity contribution is 0.576. The van der Waals surface area contributed by atoms with Gasteiger partial charge in [0.15, 0.2) is 0 Å². The standard InChI is InChI=1S/C13H18N2O2S/c14-12-6-3-7-13-11(12)8-9-15(13)18(16,17)10-4-1-2-5-10/h3,6-7,10H,1-2,4-5,8-9,14H2. The number of hydrogen-bond acceptors (Lipinski definition) is 3. The average molecular weight is 266 g/mol. The Morgan fingerprint density at radius 3 is 2.67 bits per heavy atom. The Morgan fingerprint density at radius 1 is 1.22 bits per heavy atom. The molecule has 1 aromatic carbocycles. The lowest BCUT2D eigenvalue weighted by Crippen LogP contribution is -2.36. The predicted molar refractivity (Wildman–Crippen MR) is 73.1 cm³/mol. The summed E-state index contributed by atoms with van der Waals surface area (Å²) < 4.78 is 26.8. The minimum absolute atomic E-state index is 0.190. The summed E-state index contributed by atoms with van der Waals surface area (Å²) in [6.45, 7) is 0.544. The molecule has 0 unspecified atom stereocenters. The number of nitrogens with zero attached hydrogens (tertiary/aromatic N) is 1. The van der Waals surface area contributed by atoms with Gasteiger partial charge in [0.25, 0.3) is 0 Å². The maximum absolute atomic E-state index is 12.6. The van der Waals surface area contributed by atoms with Crippen molar-refractivity contribution in [2.24, 2.45) is 0 Å². The summed E-state index contributed by atoms with van der Waals surface area (Å²) in [4.78, 5) is 0. The predicted octanol–water partition coefficient (Wildman–Crippen LogP) is 1.90. The van der Waals surface area contributed by atoms with E-state index in [4.69, 9.17) is 5.73 Å². The number of sulfonamides is 1. The maximum Gasteiger partial charge on any atom is 0.238 e. The van der Waals surface area contributed by atoms with Gasteiger partial charge in [-0.25, -0.2) is 8.42 Å². The summed E-state index contributed by atoms with van der Waals surface area (Å²) in [5.41, 5.74) is 8.39. The van der Waals surface area contributed by atoms with E-state index in [2.05, 4.69) is 0 Å². The number of hydrogen-bond donors (Lipinski definition) is 1. The topological polar surface area (TPSA) is 63.4 Å². The molecular weight excluding hydrogens is 248 g/mol. The highest BCUT2D eigenvalue weighted by atomic mass is 32.2. The van der Waals surface area contributed by atoms with E-state index in [1.807, 2.05) is 18.2 Å². The molecule has 0 amide bonds. The lowest BCUT2D eigenvalue weighted by Gasteiger charge is -2.23. The van der Waals surface area contributed by atoms with E-state index in [1.54, 1.807) is 4.31 Å². The molecule has 3 rings (SSSR count). The number of rotatable bonds is 2. The first-order valence-electron chi connectivity index (χ1n) is 6.49. The summed E-state index contributed by atoms with van der Waals surface area (Å²) in [6, 6.07) is 5.53. The summed E-state index contributed by atoms with van der Waals surface area (Å²) in [5.74, 6) is 0. The van der Waals surface area contributed by atoms with Crippen molar-refractivity contribution in [1.29, 1.82) is 0 Å². The van der Waals surface area contributed by atoms with E-state index in [-0.39, 0.29) is 5.25 Å². The number of nitrogens with two attached hydrogens (primary N) is 1. The monoisotopic (exact) mass is 266 g/mol. The first-order chi connectivity index (χ1) is 8.60. The molecule has 1 aliphatic heterocycles. The molecule has 0 bridgehead atoms. The number of benzene rings is 1. The van der Waals surface area contributed by atoms with Crippen LogP contribution in [0.4, 0.5) is 11.4 Å². The van der Waals surface area contributed by atoms with Gasteiger partial charge in [-0.05, 0) is 31.4 Å². The highest BCUT2D eigenvalue weighted by Gasteiger charge is 2.37. The summed E-state index contributed by atoms with van der Waals surface area (Å²) in [5, 5.41) is -0.190. The van der Waals surface area contributed by atoms with Crippen LogP contribution in [0.3, 0.4) is 0 Å². The second-order valence-corrected chi connectivity index (χ2v) is 7.26. The zero-order valence-electron chi connectivity index (χ0n) is 10.3. The summed E-state index contributed by atoms with van der Waals surface area (Å²) >= 11 is 0. The molecule has 2 aliphatic rings. The fourth-order valence-corrected chi connectivity index (χ4v) is 5.14. The summed E-state index contributed by atoms with van der Waals surface area (Å²) in [6.07, 6.45) is 4.39. The highest BCUT2D eigenvalue weighted by molar-refractivity contribution is 7.93. The largest absolute Gasteiger partial charge is 0.398 e. The van der Waals surface area contributed by atoms with Crippen LogP contribution in [0.2, 0.25) is 0 Å². The molecule has 0 spiro atoms. The van der Waals surface area contributed by atoms with E-state index in [1.165, 1.54) is 0 Å². The quantitative estimate of drug-likeness (QED) is 0.832. The SMILES string of the molecule is Nc1cccc2c1CCN2S(=O)(=O)C1CCCC1. The van der Waals surface area contributed by atoms with Crippen LogP contribution in [0.15, 0.2) is 18.2 Å². The molecule has 0 atom stereocenters. The molecule has 5 heteroatoms. The Morgan fingerprint density at radius 2 is 1.94 bits per heavy atom. The first kappa shape index (κ1) is 11.8. The molecule has 2 N–H and O–H groups in total. The van der Waals surface area contributed by atoms with Gasteiger partial charge in [0.1, 0.15) is 0 Å². The Hall–Kier alpha value is -1.23. The second-order valence-electron chi connectivity index (χ2n) is 5.12. The second kappa shape index (κ2) is 4.16. The molecule has 18 heavy (non-hydrogen) atoms. The Kier molecular flexibility index (Phi) is 2.73. The van der Waals surface area contributed by atoms with Crippen molar-refractivity contribution in [3.8, 4) is 0 Å². The molecule has 1 fully saturated rings. The Bertz CT molecular complexity index is 562. The summed E-state index contributed by atoms with van der Waals surface area (Å²) in [7, 11) is -3.19. The van der Waals surface area contributed by atoms with Gasteiger partial charge in [-0.3, -0.25) is 4.31 Å².